The van der Waals surface area contributed by atoms with Crippen molar-refractivity contribution in [2.45, 2.75) is 52.1 Å². The molecule has 1 rings (SSSR count). The Bertz CT molecular complexity index is 385. The van der Waals surface area contributed by atoms with Crippen molar-refractivity contribution < 1.29 is 13.2 Å². The third-order valence-electron chi connectivity index (χ3n) is 3.86. The van der Waals surface area contributed by atoms with Gasteiger partial charge >= 0.3 is 0 Å². The maximum atomic E-state index is 13.1. The van der Waals surface area contributed by atoms with Crippen LogP contribution in [0.5, 0.6) is 0 Å². The number of halogens is 3. The van der Waals surface area contributed by atoms with Crippen molar-refractivity contribution in [1.82, 2.24) is 4.90 Å². The van der Waals surface area contributed by atoms with Gasteiger partial charge in [0.2, 0.25) is 6.43 Å². The Hall–Kier alpha value is -1.03. The van der Waals surface area contributed by atoms with E-state index in [2.05, 4.69) is 11.5 Å². The molecule has 1 aliphatic rings. The van der Waals surface area contributed by atoms with Crippen LogP contribution in [-0.4, -0.2) is 30.0 Å². The van der Waals surface area contributed by atoms with Gasteiger partial charge in [-0.05, 0) is 51.8 Å². The first-order valence-electron chi connectivity index (χ1n) is 7.09. The van der Waals surface area contributed by atoms with Gasteiger partial charge in [-0.15, -0.1) is 0 Å². The molecule has 0 N–H and O–H groups in total. The van der Waals surface area contributed by atoms with Crippen molar-refractivity contribution >= 4 is 0 Å². The van der Waals surface area contributed by atoms with Gasteiger partial charge in [-0.25, -0.2) is 13.2 Å². The molecular weight excluding hydrogens is 263 g/mol. The summed E-state index contributed by atoms with van der Waals surface area (Å²) in [4.78, 5) is 2.17. The van der Waals surface area contributed by atoms with Crippen LogP contribution in [0.3, 0.4) is 0 Å². The summed E-state index contributed by atoms with van der Waals surface area (Å²) in [7, 11) is 0. The highest BCUT2D eigenvalue weighted by molar-refractivity contribution is 5.27. The van der Waals surface area contributed by atoms with Crippen LogP contribution in [0.15, 0.2) is 36.2 Å². The van der Waals surface area contributed by atoms with Gasteiger partial charge in [0.15, 0.2) is 0 Å². The van der Waals surface area contributed by atoms with E-state index in [9.17, 15) is 13.2 Å². The first kappa shape index (κ1) is 17.0. The molecule has 114 valence electrons. The van der Waals surface area contributed by atoms with Crippen molar-refractivity contribution in [3.05, 3.63) is 36.2 Å². The number of nitrogens with zero attached hydrogens (tertiary/aromatic N) is 1. The van der Waals surface area contributed by atoms with Crippen molar-refractivity contribution in [2.75, 3.05) is 6.54 Å². The van der Waals surface area contributed by atoms with Crippen LogP contribution in [0.1, 0.15) is 33.6 Å². The molecule has 0 aliphatic carbocycles. The maximum absolute atomic E-state index is 13.1. The van der Waals surface area contributed by atoms with E-state index in [1.807, 2.05) is 13.8 Å². The van der Waals surface area contributed by atoms with Gasteiger partial charge in [0.05, 0.1) is 0 Å². The molecule has 1 nitrogen and oxygen atoms in total. The van der Waals surface area contributed by atoms with Crippen molar-refractivity contribution in [3.63, 3.8) is 0 Å². The lowest BCUT2D eigenvalue weighted by Gasteiger charge is -2.42. The summed E-state index contributed by atoms with van der Waals surface area (Å²) in [5, 5.41) is 0. The largest absolute Gasteiger partial charge is 0.294 e. The number of alkyl halides is 2. The van der Waals surface area contributed by atoms with Gasteiger partial charge < -0.3 is 0 Å². The van der Waals surface area contributed by atoms with Gasteiger partial charge in [0.25, 0.3) is 0 Å². The normalized spacial score (nSPS) is 25.9. The van der Waals surface area contributed by atoms with Gasteiger partial charge in [0.1, 0.15) is 5.83 Å². The molecule has 0 bridgehead atoms. The molecule has 4 heteroatoms. The van der Waals surface area contributed by atoms with E-state index in [0.29, 0.717) is 25.0 Å². The summed E-state index contributed by atoms with van der Waals surface area (Å²) in [6, 6.07) is 0.124. The molecule has 1 aliphatic heterocycles. The van der Waals surface area contributed by atoms with Crippen LogP contribution in [0.25, 0.3) is 0 Å². The lowest BCUT2D eigenvalue weighted by Crippen LogP contribution is -2.48. The van der Waals surface area contributed by atoms with E-state index in [0.717, 1.165) is 0 Å². The van der Waals surface area contributed by atoms with Crippen LogP contribution < -0.4 is 0 Å². The molecule has 0 radical (unpaired) electrons. The molecule has 0 amide bonds. The third kappa shape index (κ3) is 4.51. The third-order valence-corrected chi connectivity index (χ3v) is 3.86. The second-order valence-electron chi connectivity index (χ2n) is 5.55. The van der Waals surface area contributed by atoms with Crippen LogP contribution in [0.2, 0.25) is 0 Å². The van der Waals surface area contributed by atoms with Crippen molar-refractivity contribution in [1.29, 1.82) is 0 Å². The molecule has 0 saturated carbocycles. The Kier molecular flexibility index (Phi) is 6.53. The predicted molar refractivity (Wildman–Crippen MR) is 77.5 cm³/mol. The number of piperidine rings is 1. The summed E-state index contributed by atoms with van der Waals surface area (Å²) < 4.78 is 39.0. The Morgan fingerprint density at radius 1 is 1.30 bits per heavy atom. The van der Waals surface area contributed by atoms with E-state index >= 15 is 0 Å². The van der Waals surface area contributed by atoms with Crippen molar-refractivity contribution in [2.24, 2.45) is 5.92 Å². The molecule has 0 unspecified atom stereocenters. The number of rotatable bonds is 5. The lowest BCUT2D eigenvalue weighted by molar-refractivity contribution is 0.0103. The van der Waals surface area contributed by atoms with Crippen LogP contribution >= 0.6 is 0 Å². The summed E-state index contributed by atoms with van der Waals surface area (Å²) in [6.45, 7) is 10.3. The zero-order valence-corrected chi connectivity index (χ0v) is 12.5. The minimum atomic E-state index is -2.30. The fourth-order valence-corrected chi connectivity index (χ4v) is 2.62. The van der Waals surface area contributed by atoms with Gasteiger partial charge in [-0.1, -0.05) is 18.7 Å². The average molecular weight is 287 g/mol. The summed E-state index contributed by atoms with van der Waals surface area (Å²) in [6.07, 6.45) is 2.89. The Morgan fingerprint density at radius 3 is 2.45 bits per heavy atom. The van der Waals surface area contributed by atoms with E-state index < -0.39 is 12.3 Å². The minimum Gasteiger partial charge on any atom is -0.294 e. The molecule has 0 spiro atoms. The van der Waals surface area contributed by atoms with E-state index in [1.165, 1.54) is 12.2 Å². The highest BCUT2D eigenvalue weighted by Crippen LogP contribution is 2.32. The van der Waals surface area contributed by atoms with E-state index in [-0.39, 0.29) is 17.9 Å². The van der Waals surface area contributed by atoms with Crippen molar-refractivity contribution in [3.8, 4) is 0 Å². The molecule has 2 atom stereocenters. The summed E-state index contributed by atoms with van der Waals surface area (Å²) in [5.74, 6) is -0.935. The molecule has 1 fully saturated rings. The number of hydrogen-bond acceptors (Lipinski definition) is 1. The topological polar surface area (TPSA) is 3.24 Å². The quantitative estimate of drug-likeness (QED) is 0.661. The molecule has 20 heavy (non-hydrogen) atoms. The Labute approximate surface area is 119 Å². The summed E-state index contributed by atoms with van der Waals surface area (Å²) >= 11 is 0. The van der Waals surface area contributed by atoms with Gasteiger partial charge in [0, 0.05) is 18.0 Å². The Balaban J connectivity index is 2.83. The molecule has 1 heterocycles. The fourth-order valence-electron chi connectivity index (χ4n) is 2.62. The zero-order chi connectivity index (χ0) is 15.3. The highest BCUT2D eigenvalue weighted by Gasteiger charge is 2.34. The maximum Gasteiger partial charge on any atom is 0.241 e. The molecule has 0 aromatic carbocycles. The Morgan fingerprint density at radius 2 is 1.95 bits per heavy atom. The fraction of sp³-hybridized carbons (Fsp3) is 0.625. The first-order chi connectivity index (χ1) is 9.36. The molecular formula is C16H24F3N. The number of likely N-dealkylation sites (tertiary alicyclic amines) is 1. The first-order valence-corrected chi connectivity index (χ1v) is 7.09. The van der Waals surface area contributed by atoms with Crippen LogP contribution in [0.4, 0.5) is 13.2 Å². The van der Waals surface area contributed by atoms with E-state index in [1.54, 1.807) is 13.0 Å². The van der Waals surface area contributed by atoms with Gasteiger partial charge in [-0.2, -0.15) is 0 Å². The predicted octanol–water partition coefficient (Wildman–Crippen LogP) is 4.73. The lowest BCUT2D eigenvalue weighted by atomic mass is 9.86. The molecule has 0 aromatic rings. The van der Waals surface area contributed by atoms with Crippen LogP contribution in [-0.2, 0) is 0 Å². The minimum absolute atomic E-state index is 0.136. The highest BCUT2D eigenvalue weighted by atomic mass is 19.3. The zero-order valence-electron chi connectivity index (χ0n) is 12.5. The average Bonchev–Trinajstić information content (AvgIpc) is 2.43. The monoisotopic (exact) mass is 287 g/mol. The van der Waals surface area contributed by atoms with Gasteiger partial charge in [-0.3, -0.25) is 4.90 Å². The SMILES string of the molecule is C=C(/C=C\C(F)=C/C)[C@H]1C[C@@H](C(F)F)CCN1C(C)C. The number of allylic oxidation sites excluding steroid dienone is 3. The second-order valence-corrected chi connectivity index (χ2v) is 5.55. The van der Waals surface area contributed by atoms with Crippen LogP contribution in [0, 0.1) is 5.92 Å². The molecule has 1 saturated heterocycles. The summed E-state index contributed by atoms with van der Waals surface area (Å²) in [5.41, 5.74) is 0.695. The standard InChI is InChI=1S/C16H24F3N/c1-5-14(17)7-6-12(4)15-10-13(16(18)19)8-9-20(15)11(2)3/h5-7,11,13,15-16H,4,8-10H2,1-3H3/b7-6-,14-5+/t13-,15+/m0/s1. The molecule has 0 aromatic heterocycles. The second kappa shape index (κ2) is 7.67. The smallest absolute Gasteiger partial charge is 0.241 e. The van der Waals surface area contributed by atoms with E-state index in [4.69, 9.17) is 0 Å². The number of hydrogen-bond donors (Lipinski definition) is 0.